The zero-order valence-corrected chi connectivity index (χ0v) is 5.59. The van der Waals surface area contributed by atoms with Gasteiger partial charge in [0.1, 0.15) is 0 Å². The number of hydrogen-bond acceptors (Lipinski definition) is 5. The van der Waals surface area contributed by atoms with Crippen molar-refractivity contribution in [1.82, 2.24) is 0 Å². The second-order valence-corrected chi connectivity index (χ2v) is 1.39. The molecule has 12 heavy (non-hydrogen) atoms. The third kappa shape index (κ3) is 11.6. The van der Waals surface area contributed by atoms with Crippen molar-refractivity contribution in [3.05, 3.63) is 0 Å². The van der Waals surface area contributed by atoms with Crippen molar-refractivity contribution in [2.45, 2.75) is 6.17 Å². The Kier molecular flexibility index (Phi) is 7.29. The Morgan fingerprint density at radius 3 is 1.25 bits per heavy atom. The first-order chi connectivity index (χ1) is 5.29. The number of rotatable bonds is 2. The molecule has 9 heteroatoms. The first-order valence-corrected chi connectivity index (χ1v) is 2.43. The molecule has 0 saturated carbocycles. The maximum absolute atomic E-state index is 11.4. The van der Waals surface area contributed by atoms with Crippen molar-refractivity contribution in [3.8, 4) is 0 Å². The average Bonchev–Trinajstić information content (AvgIpc) is 1.84. The molecule has 0 aliphatic carbocycles. The van der Waals surface area contributed by atoms with Crippen molar-refractivity contribution in [2.24, 2.45) is 0 Å². The van der Waals surface area contributed by atoms with Crippen LogP contribution >= 0.6 is 0 Å². The largest absolute Gasteiger partial charge is 0.631 e. The van der Waals surface area contributed by atoms with E-state index in [1.54, 1.807) is 0 Å². The van der Waals surface area contributed by atoms with Gasteiger partial charge in [0, 0.05) is 0 Å². The molecule has 0 atom stereocenters. The molecule has 0 aliphatic heterocycles. The highest BCUT2D eigenvalue weighted by Crippen LogP contribution is 1.88. The Labute approximate surface area is 65.9 Å². The summed E-state index contributed by atoms with van der Waals surface area (Å²) in [5.74, 6) is -3.95. The van der Waals surface area contributed by atoms with Crippen LogP contribution in [0, 0.1) is 0 Å². The van der Waals surface area contributed by atoms with E-state index < -0.39 is 25.4 Å². The van der Waals surface area contributed by atoms with Crippen LogP contribution in [0.3, 0.4) is 0 Å². The summed E-state index contributed by atoms with van der Waals surface area (Å²) in [5.41, 5.74) is 0. The van der Waals surface area contributed by atoms with Gasteiger partial charge in [-0.15, -0.1) is 0 Å². The van der Waals surface area contributed by atoms with Crippen molar-refractivity contribution in [2.75, 3.05) is 0 Å². The van der Waals surface area contributed by atoms with E-state index in [-0.39, 0.29) is 0 Å². The Bertz CT molecular complexity index is 142. The van der Waals surface area contributed by atoms with Gasteiger partial charge in [-0.2, -0.15) is 0 Å². The number of carbonyl (C=O) groups is 2. The van der Waals surface area contributed by atoms with Crippen LogP contribution in [0.4, 0.5) is 4.39 Å². The fourth-order valence-corrected chi connectivity index (χ4v) is 0.106. The number of hydrogen-bond donors (Lipinski definition) is 5. The van der Waals surface area contributed by atoms with E-state index in [0.717, 1.165) is 0 Å². The molecule has 0 spiro atoms. The second kappa shape index (κ2) is 6.52. The van der Waals surface area contributed by atoms with Gasteiger partial charge in [0.05, 0.1) is 0 Å². The lowest BCUT2D eigenvalue weighted by atomic mass is 10.3. The minimum Gasteiger partial charge on any atom is -0.479 e. The van der Waals surface area contributed by atoms with Crippen molar-refractivity contribution in [1.29, 1.82) is 0 Å². The van der Waals surface area contributed by atoms with E-state index in [0.29, 0.717) is 0 Å². The molecular weight excluding hydrogens is 178 g/mol. The van der Waals surface area contributed by atoms with Crippen LogP contribution in [0.2, 0.25) is 0 Å². The quantitative estimate of drug-likeness (QED) is 0.235. The lowest BCUT2D eigenvalue weighted by Gasteiger charge is -1.90. The first-order valence-electron chi connectivity index (χ1n) is 2.43. The van der Waals surface area contributed by atoms with Gasteiger partial charge in [-0.3, -0.25) is 0 Å². The van der Waals surface area contributed by atoms with Gasteiger partial charge in [0.2, 0.25) is 0 Å². The highest BCUT2D eigenvalue weighted by molar-refractivity contribution is 6.30. The molecule has 0 unspecified atom stereocenters. The van der Waals surface area contributed by atoms with Crippen LogP contribution in [-0.2, 0) is 9.59 Å². The summed E-state index contributed by atoms with van der Waals surface area (Å²) >= 11 is 0. The van der Waals surface area contributed by atoms with Crippen LogP contribution in [0.25, 0.3) is 0 Å². The van der Waals surface area contributed by atoms with Crippen LogP contribution in [0.15, 0.2) is 0 Å². The highest BCUT2D eigenvalue weighted by Gasteiger charge is 2.23. The smallest absolute Gasteiger partial charge is 0.479 e. The summed E-state index contributed by atoms with van der Waals surface area (Å²) in [6.45, 7) is 0. The topological polar surface area (TPSA) is 135 Å². The Morgan fingerprint density at radius 2 is 1.25 bits per heavy atom. The monoisotopic (exact) mass is 184 g/mol. The molecule has 0 aromatic rings. The highest BCUT2D eigenvalue weighted by atomic mass is 19.1. The van der Waals surface area contributed by atoms with Crippen LogP contribution in [0.1, 0.15) is 0 Å². The van der Waals surface area contributed by atoms with Gasteiger partial charge in [-0.25, -0.2) is 14.0 Å². The van der Waals surface area contributed by atoms with Gasteiger partial charge in [0.15, 0.2) is 0 Å². The lowest BCUT2D eigenvalue weighted by molar-refractivity contribution is -0.155. The zero-order valence-electron chi connectivity index (χ0n) is 5.59. The zero-order chi connectivity index (χ0) is 10.3. The standard InChI is InChI=1S/C3H3FO4.BH3O3/c4-1(2(5)6)3(7)8;2-1(3)4/h1H,(H,5,6)(H,7,8);2-4H. The maximum atomic E-state index is 11.4. The SMILES string of the molecule is O=C(O)C(F)C(=O)O.OB(O)O. The molecule has 0 aromatic heterocycles. The minimum absolute atomic E-state index is 1.97. The van der Waals surface area contributed by atoms with Gasteiger partial charge in [-0.05, 0) is 0 Å². The summed E-state index contributed by atoms with van der Waals surface area (Å²) in [6, 6.07) is 0. The fraction of sp³-hybridized carbons (Fsp3) is 0.333. The van der Waals surface area contributed by atoms with Crippen molar-refractivity contribution >= 4 is 19.3 Å². The molecule has 0 fully saturated rings. The summed E-state index contributed by atoms with van der Waals surface area (Å²) < 4.78 is 11.4. The Hall–Kier alpha value is -1.19. The molecule has 0 heterocycles. The molecule has 5 N–H and O–H groups in total. The molecule has 70 valence electrons. The summed E-state index contributed by atoms with van der Waals surface area (Å²) in [7, 11) is -2.17. The summed E-state index contributed by atoms with van der Waals surface area (Å²) in [6.07, 6.45) is -2.80. The van der Waals surface area contributed by atoms with Crippen LogP contribution in [-0.4, -0.2) is 50.7 Å². The van der Waals surface area contributed by atoms with Gasteiger partial charge in [0.25, 0.3) is 6.17 Å². The number of halogens is 1. The molecule has 0 aromatic carbocycles. The van der Waals surface area contributed by atoms with E-state index in [9.17, 15) is 14.0 Å². The average molecular weight is 184 g/mol. The Balaban J connectivity index is 0. The predicted molar refractivity (Wildman–Crippen MR) is 32.6 cm³/mol. The number of carboxylic acid groups (broad SMARTS) is 2. The minimum atomic E-state index is -2.80. The molecule has 7 nitrogen and oxygen atoms in total. The molecule has 0 saturated heterocycles. The molecule has 0 aliphatic rings. The predicted octanol–water partition coefficient (Wildman–Crippen LogP) is -2.56. The fourth-order valence-electron chi connectivity index (χ4n) is 0.106. The van der Waals surface area contributed by atoms with Crippen LogP contribution < -0.4 is 0 Å². The van der Waals surface area contributed by atoms with Crippen LogP contribution in [0.5, 0.6) is 0 Å². The number of aliphatic carboxylic acids is 2. The summed E-state index contributed by atoms with van der Waals surface area (Å²) in [5, 5.41) is 36.7. The third-order valence-corrected chi connectivity index (χ3v) is 0.434. The summed E-state index contributed by atoms with van der Waals surface area (Å²) in [4.78, 5) is 18.8. The molecular formula is C3H6BFO7. The van der Waals surface area contributed by atoms with Crippen molar-refractivity contribution in [3.63, 3.8) is 0 Å². The normalized spacial score (nSPS) is 8.42. The van der Waals surface area contributed by atoms with Gasteiger partial charge < -0.3 is 25.3 Å². The molecule has 0 rings (SSSR count). The van der Waals surface area contributed by atoms with E-state index in [4.69, 9.17) is 25.3 Å². The van der Waals surface area contributed by atoms with E-state index >= 15 is 0 Å². The lowest BCUT2D eigenvalue weighted by Crippen LogP contribution is -2.24. The molecule has 0 radical (unpaired) electrons. The Morgan fingerprint density at radius 1 is 1.08 bits per heavy atom. The second-order valence-electron chi connectivity index (χ2n) is 1.39. The number of carboxylic acids is 2. The van der Waals surface area contributed by atoms with Gasteiger partial charge >= 0.3 is 19.3 Å². The molecule has 0 bridgehead atoms. The van der Waals surface area contributed by atoms with E-state index in [1.807, 2.05) is 0 Å². The van der Waals surface area contributed by atoms with Gasteiger partial charge in [-0.1, -0.05) is 0 Å². The third-order valence-electron chi connectivity index (χ3n) is 0.434. The maximum Gasteiger partial charge on any atom is 0.631 e. The van der Waals surface area contributed by atoms with Crippen molar-refractivity contribution < 1.29 is 39.3 Å². The molecule has 0 amide bonds. The van der Waals surface area contributed by atoms with E-state index in [1.165, 1.54) is 0 Å². The first kappa shape index (κ1) is 13.4. The van der Waals surface area contributed by atoms with E-state index in [2.05, 4.69) is 0 Å². The number of alkyl halides is 1.